The maximum Gasteiger partial charge on any atom is 3.00 e. The standard InChI is InChI=1S/C25H23N3O2.3ClH.Nd/c1-3-8-18(9-4-1)14-20-16-29-24(26-20)22-12-7-13-23(28-22)25-27-21(17-30-25)15-19-10-5-2-6-11-19;;;;/h1-13,20-21H,14-17H2;3*1H;/q;;;;+3/p-3. The molecule has 2 unspecified atom stereocenters. The molecule has 34 heavy (non-hydrogen) atoms. The van der Waals surface area contributed by atoms with E-state index in [1.54, 1.807) is 0 Å². The third-order valence-corrected chi connectivity index (χ3v) is 5.24. The molecule has 1 aromatic heterocycles. The number of benzene rings is 2. The van der Waals surface area contributed by atoms with Crippen LogP contribution in [-0.4, -0.2) is 42.1 Å². The molecule has 0 spiro atoms. The molecule has 0 saturated heterocycles. The zero-order chi connectivity index (χ0) is 20.2. The summed E-state index contributed by atoms with van der Waals surface area (Å²) >= 11 is 0. The molecule has 175 valence electrons. The number of aromatic nitrogens is 1. The van der Waals surface area contributed by atoms with Gasteiger partial charge in [0.1, 0.15) is 24.6 Å². The molecule has 0 amide bonds. The summed E-state index contributed by atoms with van der Waals surface area (Å²) in [6.45, 7) is 1.15. The Morgan fingerprint density at radius 2 is 1.00 bits per heavy atom. The molecule has 3 aromatic rings. The normalized spacial score (nSPS) is 17.9. The quantitative estimate of drug-likeness (QED) is 0.269. The van der Waals surface area contributed by atoms with Crippen molar-refractivity contribution >= 4 is 11.8 Å². The van der Waals surface area contributed by atoms with Gasteiger partial charge in [-0.1, -0.05) is 66.7 Å². The van der Waals surface area contributed by atoms with Crippen LogP contribution >= 0.6 is 0 Å². The van der Waals surface area contributed by atoms with Crippen molar-refractivity contribution in [3.05, 3.63) is 101 Å². The van der Waals surface area contributed by atoms with Crippen molar-refractivity contribution in [1.82, 2.24) is 4.98 Å². The van der Waals surface area contributed by atoms with E-state index >= 15 is 0 Å². The Morgan fingerprint density at radius 1 is 0.588 bits per heavy atom. The van der Waals surface area contributed by atoms with Gasteiger partial charge in [0, 0.05) is 0 Å². The Morgan fingerprint density at radius 3 is 1.41 bits per heavy atom. The topological polar surface area (TPSA) is 56.1 Å². The molecule has 0 aliphatic carbocycles. The van der Waals surface area contributed by atoms with Gasteiger partial charge in [-0.25, -0.2) is 15.0 Å². The van der Waals surface area contributed by atoms with E-state index < -0.39 is 0 Å². The molecule has 5 nitrogen and oxygen atoms in total. The van der Waals surface area contributed by atoms with E-state index in [2.05, 4.69) is 24.3 Å². The van der Waals surface area contributed by atoms with E-state index in [-0.39, 0.29) is 90.1 Å². The summed E-state index contributed by atoms with van der Waals surface area (Å²) in [6.07, 6.45) is 1.72. The molecule has 3 heterocycles. The number of ether oxygens (including phenoxy) is 2. The molecule has 2 atom stereocenters. The smallest absolute Gasteiger partial charge is 1.00 e. The van der Waals surface area contributed by atoms with Gasteiger partial charge in [-0.3, -0.25) is 0 Å². The zero-order valence-electron chi connectivity index (χ0n) is 18.3. The zero-order valence-corrected chi connectivity index (χ0v) is 23.8. The summed E-state index contributed by atoms with van der Waals surface area (Å²) < 4.78 is 11.7. The van der Waals surface area contributed by atoms with E-state index in [0.29, 0.717) is 25.0 Å². The van der Waals surface area contributed by atoms with Crippen molar-refractivity contribution in [2.24, 2.45) is 9.98 Å². The maximum atomic E-state index is 5.85. The van der Waals surface area contributed by atoms with E-state index in [1.807, 2.05) is 54.6 Å². The first kappa shape index (κ1) is 30.8. The van der Waals surface area contributed by atoms with Crippen LogP contribution in [0.5, 0.6) is 0 Å². The molecule has 0 bridgehead atoms. The molecule has 0 fully saturated rings. The van der Waals surface area contributed by atoms with E-state index in [9.17, 15) is 0 Å². The van der Waals surface area contributed by atoms with Gasteiger partial charge in [-0.2, -0.15) is 0 Å². The molecule has 2 aliphatic rings. The summed E-state index contributed by atoms with van der Waals surface area (Å²) in [6, 6.07) is 26.7. The van der Waals surface area contributed by atoms with Crippen molar-refractivity contribution in [1.29, 1.82) is 0 Å². The third-order valence-electron chi connectivity index (χ3n) is 5.24. The number of pyridine rings is 1. The van der Waals surface area contributed by atoms with Gasteiger partial charge in [-0.05, 0) is 36.1 Å². The first-order valence-corrected chi connectivity index (χ1v) is 10.3. The van der Waals surface area contributed by atoms with E-state index in [1.165, 1.54) is 11.1 Å². The molecule has 1 radical (unpaired) electrons. The van der Waals surface area contributed by atoms with Crippen LogP contribution in [0.1, 0.15) is 22.5 Å². The van der Waals surface area contributed by atoms with Crippen molar-refractivity contribution in [3.8, 4) is 0 Å². The number of aliphatic imine (C=N–C) groups is 2. The minimum atomic E-state index is 0. The fourth-order valence-corrected chi connectivity index (χ4v) is 3.77. The van der Waals surface area contributed by atoms with Crippen molar-refractivity contribution in [3.63, 3.8) is 0 Å². The first-order chi connectivity index (χ1) is 14.8. The summed E-state index contributed by atoms with van der Waals surface area (Å²) in [5.41, 5.74) is 3.97. The monoisotopic (exact) mass is 644 g/mol. The molecule has 9 heteroatoms. The first-order valence-electron chi connectivity index (χ1n) is 10.3. The molecule has 2 aromatic carbocycles. The Balaban J connectivity index is 0.00000144. The second kappa shape index (κ2) is 15.0. The molecule has 5 rings (SSSR count). The van der Waals surface area contributed by atoms with Crippen LogP contribution in [-0.2, 0) is 22.3 Å². The molecular weight excluding hydrogens is 625 g/mol. The van der Waals surface area contributed by atoms with Gasteiger partial charge in [0.05, 0.1) is 12.1 Å². The summed E-state index contributed by atoms with van der Waals surface area (Å²) in [4.78, 5) is 14.2. The molecule has 0 saturated carbocycles. The Labute approximate surface area is 251 Å². The number of halogens is 3. The van der Waals surface area contributed by atoms with Crippen LogP contribution in [0, 0.1) is 40.8 Å². The predicted molar refractivity (Wildman–Crippen MR) is 117 cm³/mol. The predicted octanol–water partition coefficient (Wildman–Crippen LogP) is -5.13. The number of rotatable bonds is 6. The van der Waals surface area contributed by atoms with Gasteiger partial charge in [-0.15, -0.1) is 0 Å². The summed E-state index contributed by atoms with van der Waals surface area (Å²) in [5, 5.41) is 0. The van der Waals surface area contributed by atoms with Crippen LogP contribution in [0.3, 0.4) is 0 Å². The van der Waals surface area contributed by atoms with Gasteiger partial charge in [0.25, 0.3) is 0 Å². The second-order valence-corrected chi connectivity index (χ2v) is 7.59. The van der Waals surface area contributed by atoms with Crippen LogP contribution in [0.2, 0.25) is 0 Å². The fourth-order valence-electron chi connectivity index (χ4n) is 3.77. The van der Waals surface area contributed by atoms with Gasteiger partial charge >= 0.3 is 40.8 Å². The van der Waals surface area contributed by atoms with Gasteiger partial charge in [0.15, 0.2) is 0 Å². The van der Waals surface area contributed by atoms with Crippen molar-refractivity contribution in [2.45, 2.75) is 24.9 Å². The number of nitrogens with zero attached hydrogens (tertiary/aromatic N) is 3. The summed E-state index contributed by atoms with van der Waals surface area (Å²) in [5.74, 6) is 1.19. The van der Waals surface area contributed by atoms with E-state index in [4.69, 9.17) is 24.4 Å². The minimum Gasteiger partial charge on any atom is -1.00 e. The number of hydrogen-bond acceptors (Lipinski definition) is 5. The summed E-state index contributed by atoms with van der Waals surface area (Å²) in [7, 11) is 0. The largest absolute Gasteiger partial charge is 3.00 e. The number of hydrogen-bond donors (Lipinski definition) is 0. The average molecular weight is 648 g/mol. The van der Waals surface area contributed by atoms with Crippen LogP contribution in [0.25, 0.3) is 0 Å². The van der Waals surface area contributed by atoms with Crippen LogP contribution < -0.4 is 37.2 Å². The van der Waals surface area contributed by atoms with Gasteiger partial charge < -0.3 is 46.7 Å². The molecule has 2 aliphatic heterocycles. The van der Waals surface area contributed by atoms with Crippen molar-refractivity contribution in [2.75, 3.05) is 13.2 Å². The van der Waals surface area contributed by atoms with Crippen LogP contribution in [0.4, 0.5) is 0 Å². The maximum absolute atomic E-state index is 5.85. The average Bonchev–Trinajstić information content (AvgIpc) is 3.45. The van der Waals surface area contributed by atoms with Crippen molar-refractivity contribution < 1.29 is 87.5 Å². The Kier molecular flexibility index (Phi) is 13.6. The SMILES string of the molecule is [Cl-].[Cl-].[Cl-].[Nd+3].c1ccc(CC2COC(c3cccc(C4=NC(Cc5ccccc5)CO4)n3)=N2)cc1. The Hall–Kier alpha value is -1.25. The van der Waals surface area contributed by atoms with E-state index in [0.717, 1.165) is 24.2 Å². The molecular formula is C25H23Cl3N3NdO2. The minimum absolute atomic E-state index is 0. The second-order valence-electron chi connectivity index (χ2n) is 7.59. The Bertz CT molecular complexity index is 1000. The van der Waals surface area contributed by atoms with Gasteiger partial charge in [0.2, 0.25) is 11.8 Å². The molecule has 0 N–H and O–H groups in total. The fraction of sp³-hybridized carbons (Fsp3) is 0.240. The third kappa shape index (κ3) is 7.89. The van der Waals surface area contributed by atoms with Crippen LogP contribution in [0.15, 0.2) is 88.8 Å².